The smallest absolute Gasteiger partial charge is 0.270 e. The summed E-state index contributed by atoms with van der Waals surface area (Å²) in [4.78, 5) is 13.1. The highest BCUT2D eigenvalue weighted by atomic mass is 35.5. The van der Waals surface area contributed by atoms with Crippen LogP contribution >= 0.6 is 11.6 Å². The largest absolute Gasteiger partial charge is 0.476 e. The molecular formula is C21H25ClN4O3. The van der Waals surface area contributed by atoms with Gasteiger partial charge in [-0.2, -0.15) is 0 Å². The van der Waals surface area contributed by atoms with E-state index in [0.717, 1.165) is 37.1 Å². The maximum absolute atomic E-state index is 11.2. The molecule has 7 nitrogen and oxygen atoms in total. The molecule has 8 heteroatoms. The Balaban J connectivity index is 1.83. The normalized spacial score (nSPS) is 11.3. The van der Waals surface area contributed by atoms with Gasteiger partial charge in [-0.1, -0.05) is 37.6 Å². The summed E-state index contributed by atoms with van der Waals surface area (Å²) in [6, 6.07) is 12.3. The lowest BCUT2D eigenvalue weighted by atomic mass is 10.2. The number of fused-ring (bicyclic) bond motifs is 1. The molecule has 29 heavy (non-hydrogen) atoms. The van der Waals surface area contributed by atoms with Crippen LogP contribution in [-0.4, -0.2) is 45.8 Å². The van der Waals surface area contributed by atoms with Crippen LogP contribution < -0.4 is 4.74 Å². The first-order valence-electron chi connectivity index (χ1n) is 9.76. The molecule has 0 aliphatic rings. The zero-order valence-electron chi connectivity index (χ0n) is 16.7. The van der Waals surface area contributed by atoms with Gasteiger partial charge in [0.1, 0.15) is 0 Å². The predicted octanol–water partition coefficient (Wildman–Crippen LogP) is 4.76. The van der Waals surface area contributed by atoms with Gasteiger partial charge < -0.3 is 9.64 Å². The van der Waals surface area contributed by atoms with Crippen LogP contribution in [0.25, 0.3) is 10.9 Å². The van der Waals surface area contributed by atoms with Crippen LogP contribution in [0, 0.1) is 10.1 Å². The lowest BCUT2D eigenvalue weighted by Gasteiger charge is -2.17. The molecule has 0 saturated carbocycles. The molecule has 3 rings (SSSR count). The molecule has 0 spiro atoms. The molecule has 2 aromatic carbocycles. The number of rotatable bonds is 10. The fraction of sp³-hybridized carbons (Fsp3) is 0.381. The highest BCUT2D eigenvalue weighted by Crippen LogP contribution is 2.29. The highest BCUT2D eigenvalue weighted by molar-refractivity contribution is 6.30. The molecule has 0 aliphatic heterocycles. The molecule has 0 amide bonds. The van der Waals surface area contributed by atoms with Gasteiger partial charge in [-0.05, 0) is 43.3 Å². The number of ether oxygens (including phenoxy) is 1. The number of nitro benzene ring substituents is 1. The molecule has 0 radical (unpaired) electrons. The van der Waals surface area contributed by atoms with E-state index in [-0.39, 0.29) is 5.69 Å². The first-order chi connectivity index (χ1) is 14.0. The third-order valence-electron chi connectivity index (χ3n) is 4.91. The molecule has 0 aliphatic carbocycles. The van der Waals surface area contributed by atoms with Crippen LogP contribution in [0.15, 0.2) is 42.5 Å². The molecule has 0 atom stereocenters. The number of nitro groups is 1. The van der Waals surface area contributed by atoms with Crippen molar-refractivity contribution in [3.63, 3.8) is 0 Å². The van der Waals surface area contributed by atoms with Gasteiger partial charge in [-0.3, -0.25) is 14.8 Å². The monoisotopic (exact) mass is 416 g/mol. The van der Waals surface area contributed by atoms with Crippen LogP contribution in [0.3, 0.4) is 0 Å². The second kappa shape index (κ2) is 9.71. The van der Waals surface area contributed by atoms with E-state index < -0.39 is 4.92 Å². The third kappa shape index (κ3) is 5.25. The van der Waals surface area contributed by atoms with Crippen molar-refractivity contribution in [2.75, 3.05) is 26.2 Å². The van der Waals surface area contributed by atoms with Crippen molar-refractivity contribution in [2.45, 2.75) is 26.8 Å². The van der Waals surface area contributed by atoms with E-state index in [1.807, 2.05) is 28.9 Å². The van der Waals surface area contributed by atoms with Gasteiger partial charge in [0, 0.05) is 23.7 Å². The minimum Gasteiger partial charge on any atom is -0.476 e. The Morgan fingerprint density at radius 3 is 2.55 bits per heavy atom. The molecule has 1 heterocycles. The highest BCUT2D eigenvalue weighted by Gasteiger charge is 2.16. The fourth-order valence-corrected chi connectivity index (χ4v) is 3.36. The van der Waals surface area contributed by atoms with E-state index in [1.165, 1.54) is 12.1 Å². The Morgan fingerprint density at radius 2 is 1.90 bits per heavy atom. The molecule has 0 fully saturated rings. The molecule has 0 bridgehead atoms. The lowest BCUT2D eigenvalue weighted by Crippen LogP contribution is -2.25. The van der Waals surface area contributed by atoms with Crippen molar-refractivity contribution < 1.29 is 9.66 Å². The van der Waals surface area contributed by atoms with Crippen molar-refractivity contribution in [1.29, 1.82) is 0 Å². The SMILES string of the molecule is CCN(CC)CCCOc1nn(Cc2ccc(Cl)cc2)c2ccc([N+](=O)[O-])cc12. The lowest BCUT2D eigenvalue weighted by molar-refractivity contribution is -0.384. The van der Waals surface area contributed by atoms with Gasteiger partial charge in [0.25, 0.3) is 5.69 Å². The van der Waals surface area contributed by atoms with Crippen LogP contribution in [0.4, 0.5) is 5.69 Å². The minimum absolute atomic E-state index is 0.0246. The minimum atomic E-state index is -0.403. The standard InChI is InChI=1S/C21H25ClN4O3/c1-3-24(4-2)12-5-13-29-21-19-14-18(26(27)28)10-11-20(19)25(23-21)15-16-6-8-17(22)9-7-16/h6-11,14H,3-5,12-13,15H2,1-2H3. The Bertz CT molecular complexity index is 968. The Hall–Kier alpha value is -2.64. The molecule has 0 N–H and O–H groups in total. The quantitative estimate of drug-likeness (QED) is 0.270. The number of hydrogen-bond donors (Lipinski definition) is 0. The van der Waals surface area contributed by atoms with E-state index in [2.05, 4.69) is 23.8 Å². The van der Waals surface area contributed by atoms with Gasteiger partial charge in [-0.25, -0.2) is 0 Å². The van der Waals surface area contributed by atoms with Gasteiger partial charge in [0.15, 0.2) is 0 Å². The van der Waals surface area contributed by atoms with Crippen molar-refractivity contribution in [3.8, 4) is 5.88 Å². The second-order valence-corrected chi connectivity index (χ2v) is 7.21. The van der Waals surface area contributed by atoms with Crippen molar-refractivity contribution >= 4 is 28.2 Å². The maximum atomic E-state index is 11.2. The molecule has 1 aromatic heterocycles. The summed E-state index contributed by atoms with van der Waals surface area (Å²) in [7, 11) is 0. The van der Waals surface area contributed by atoms with Gasteiger partial charge in [0.2, 0.25) is 5.88 Å². The van der Waals surface area contributed by atoms with Crippen LogP contribution in [0.2, 0.25) is 5.02 Å². The molecule has 0 unspecified atom stereocenters. The summed E-state index contributed by atoms with van der Waals surface area (Å²) in [5, 5.41) is 17.1. The van der Waals surface area contributed by atoms with E-state index >= 15 is 0 Å². The number of hydrogen-bond acceptors (Lipinski definition) is 5. The van der Waals surface area contributed by atoms with E-state index in [4.69, 9.17) is 16.3 Å². The van der Waals surface area contributed by atoms with Crippen LogP contribution in [0.5, 0.6) is 5.88 Å². The van der Waals surface area contributed by atoms with Crippen LogP contribution in [0.1, 0.15) is 25.8 Å². The van der Waals surface area contributed by atoms with Crippen molar-refractivity contribution in [3.05, 3.63) is 63.2 Å². The summed E-state index contributed by atoms with van der Waals surface area (Å²) >= 11 is 5.97. The third-order valence-corrected chi connectivity index (χ3v) is 5.16. The summed E-state index contributed by atoms with van der Waals surface area (Å²) < 4.78 is 7.74. The predicted molar refractivity (Wildman–Crippen MR) is 115 cm³/mol. The fourth-order valence-electron chi connectivity index (χ4n) is 3.24. The molecule has 154 valence electrons. The average molecular weight is 417 g/mol. The number of non-ortho nitro benzene ring substituents is 1. The van der Waals surface area contributed by atoms with Gasteiger partial charge in [-0.15, -0.1) is 5.10 Å². The number of nitrogens with zero attached hydrogens (tertiary/aromatic N) is 4. The zero-order chi connectivity index (χ0) is 20.8. The molecule has 0 saturated heterocycles. The summed E-state index contributed by atoms with van der Waals surface area (Å²) in [6.45, 7) is 8.24. The van der Waals surface area contributed by atoms with Crippen molar-refractivity contribution in [2.24, 2.45) is 0 Å². The van der Waals surface area contributed by atoms with E-state index in [9.17, 15) is 10.1 Å². The Morgan fingerprint density at radius 1 is 1.17 bits per heavy atom. The van der Waals surface area contributed by atoms with Gasteiger partial charge >= 0.3 is 0 Å². The Kier molecular flexibility index (Phi) is 7.06. The zero-order valence-corrected chi connectivity index (χ0v) is 17.4. The van der Waals surface area contributed by atoms with Crippen LogP contribution in [-0.2, 0) is 6.54 Å². The number of benzene rings is 2. The topological polar surface area (TPSA) is 73.4 Å². The molecule has 3 aromatic rings. The first-order valence-corrected chi connectivity index (χ1v) is 10.1. The average Bonchev–Trinajstić information content (AvgIpc) is 3.06. The summed E-state index contributed by atoms with van der Waals surface area (Å²) in [5.41, 5.74) is 1.85. The number of halogens is 1. The van der Waals surface area contributed by atoms with E-state index in [1.54, 1.807) is 6.07 Å². The van der Waals surface area contributed by atoms with Gasteiger partial charge in [0.05, 0.1) is 29.0 Å². The summed E-state index contributed by atoms with van der Waals surface area (Å²) in [6.07, 6.45) is 0.863. The molecular weight excluding hydrogens is 392 g/mol. The number of aromatic nitrogens is 2. The maximum Gasteiger partial charge on any atom is 0.270 e. The van der Waals surface area contributed by atoms with Crippen molar-refractivity contribution in [1.82, 2.24) is 14.7 Å². The van der Waals surface area contributed by atoms with E-state index in [0.29, 0.717) is 29.4 Å². The first kappa shape index (κ1) is 21.1. The summed E-state index contributed by atoms with van der Waals surface area (Å²) in [5.74, 6) is 0.428. The Labute approximate surface area is 175 Å². The second-order valence-electron chi connectivity index (χ2n) is 6.78.